The standard InChI is InChI=1S/C10H13N3/c1-7-4-8(2)10(6-12-13-11)9(3)5-7/h4-5H,6H2,1-3H3. The quantitative estimate of drug-likeness (QED) is 0.375. The van der Waals surface area contributed by atoms with Gasteiger partial charge in [-0.25, -0.2) is 0 Å². The van der Waals surface area contributed by atoms with Crippen LogP contribution >= 0.6 is 0 Å². The summed E-state index contributed by atoms with van der Waals surface area (Å²) in [7, 11) is 0. The van der Waals surface area contributed by atoms with E-state index in [-0.39, 0.29) is 0 Å². The lowest BCUT2D eigenvalue weighted by molar-refractivity contribution is 1.01. The first-order chi connectivity index (χ1) is 6.15. The van der Waals surface area contributed by atoms with E-state index in [4.69, 9.17) is 5.53 Å². The molecule has 1 aromatic rings. The predicted octanol–water partition coefficient (Wildman–Crippen LogP) is 3.42. The van der Waals surface area contributed by atoms with Crippen LogP contribution < -0.4 is 0 Å². The number of benzene rings is 1. The van der Waals surface area contributed by atoms with Crippen LogP contribution in [0.1, 0.15) is 22.3 Å². The van der Waals surface area contributed by atoms with Crippen molar-refractivity contribution >= 4 is 0 Å². The molecule has 0 unspecified atom stereocenters. The Labute approximate surface area is 78.0 Å². The molecule has 0 bridgehead atoms. The van der Waals surface area contributed by atoms with Gasteiger partial charge in [0.15, 0.2) is 0 Å². The number of aryl methyl sites for hydroxylation is 3. The highest BCUT2D eigenvalue weighted by molar-refractivity contribution is 5.37. The minimum absolute atomic E-state index is 0.453. The summed E-state index contributed by atoms with van der Waals surface area (Å²) >= 11 is 0. The topological polar surface area (TPSA) is 48.8 Å². The van der Waals surface area contributed by atoms with Crippen LogP contribution in [0.3, 0.4) is 0 Å². The van der Waals surface area contributed by atoms with E-state index in [9.17, 15) is 0 Å². The molecule has 0 radical (unpaired) electrons. The SMILES string of the molecule is Cc1cc(C)c(CN=[N+]=[N-])c(C)c1. The molecule has 0 amide bonds. The Morgan fingerprint density at radius 1 is 1.23 bits per heavy atom. The van der Waals surface area contributed by atoms with Crippen molar-refractivity contribution in [3.8, 4) is 0 Å². The summed E-state index contributed by atoms with van der Waals surface area (Å²) in [6.45, 7) is 6.61. The summed E-state index contributed by atoms with van der Waals surface area (Å²) < 4.78 is 0. The van der Waals surface area contributed by atoms with Gasteiger partial charge in [0.25, 0.3) is 0 Å². The molecule has 0 aliphatic heterocycles. The van der Waals surface area contributed by atoms with Crippen LogP contribution in [0.5, 0.6) is 0 Å². The zero-order valence-electron chi connectivity index (χ0n) is 8.20. The Bertz CT molecular complexity index is 339. The molecular formula is C10H13N3. The first-order valence-corrected chi connectivity index (χ1v) is 4.22. The van der Waals surface area contributed by atoms with Gasteiger partial charge < -0.3 is 0 Å². The maximum absolute atomic E-state index is 8.22. The van der Waals surface area contributed by atoms with E-state index in [0.29, 0.717) is 6.54 Å². The summed E-state index contributed by atoms with van der Waals surface area (Å²) in [5.74, 6) is 0. The van der Waals surface area contributed by atoms with Crippen molar-refractivity contribution in [2.24, 2.45) is 5.11 Å². The zero-order valence-corrected chi connectivity index (χ0v) is 8.20. The van der Waals surface area contributed by atoms with Gasteiger partial charge in [-0.15, -0.1) is 0 Å². The Balaban J connectivity index is 3.12. The van der Waals surface area contributed by atoms with Crippen molar-refractivity contribution in [3.63, 3.8) is 0 Å². The van der Waals surface area contributed by atoms with Crippen molar-refractivity contribution in [2.45, 2.75) is 27.3 Å². The molecule has 0 aliphatic rings. The molecule has 0 N–H and O–H groups in total. The van der Waals surface area contributed by atoms with Crippen LogP contribution in [0.4, 0.5) is 0 Å². The zero-order chi connectivity index (χ0) is 9.84. The van der Waals surface area contributed by atoms with E-state index >= 15 is 0 Å². The first kappa shape index (κ1) is 9.62. The van der Waals surface area contributed by atoms with Gasteiger partial charge >= 0.3 is 0 Å². The summed E-state index contributed by atoms with van der Waals surface area (Å²) in [5, 5.41) is 3.57. The van der Waals surface area contributed by atoms with E-state index in [1.54, 1.807) is 0 Å². The second kappa shape index (κ2) is 3.97. The molecule has 3 heteroatoms. The number of nitrogens with zero attached hydrogens (tertiary/aromatic N) is 3. The lowest BCUT2D eigenvalue weighted by atomic mass is 10.0. The molecule has 13 heavy (non-hydrogen) atoms. The summed E-state index contributed by atoms with van der Waals surface area (Å²) in [5.41, 5.74) is 13.0. The van der Waals surface area contributed by atoms with Crippen molar-refractivity contribution in [2.75, 3.05) is 0 Å². The third kappa shape index (κ3) is 2.23. The highest BCUT2D eigenvalue weighted by atomic mass is 15.1. The van der Waals surface area contributed by atoms with Gasteiger partial charge in [-0.2, -0.15) is 0 Å². The van der Waals surface area contributed by atoms with Gasteiger partial charge in [0, 0.05) is 4.91 Å². The largest absolute Gasteiger partial charge is 0.0893 e. The summed E-state index contributed by atoms with van der Waals surface area (Å²) in [4.78, 5) is 2.76. The Kier molecular flexibility index (Phi) is 2.93. The lowest BCUT2D eigenvalue weighted by Gasteiger charge is -2.07. The number of rotatable bonds is 2. The number of hydrogen-bond acceptors (Lipinski definition) is 1. The van der Waals surface area contributed by atoms with E-state index in [1.165, 1.54) is 16.7 Å². The van der Waals surface area contributed by atoms with E-state index in [2.05, 4.69) is 29.1 Å². The van der Waals surface area contributed by atoms with Gasteiger partial charge in [-0.3, -0.25) is 0 Å². The predicted molar refractivity (Wildman–Crippen MR) is 53.5 cm³/mol. The number of hydrogen-bond donors (Lipinski definition) is 0. The molecule has 0 spiro atoms. The van der Waals surface area contributed by atoms with Crippen LogP contribution in [0, 0.1) is 20.8 Å². The summed E-state index contributed by atoms with van der Waals surface area (Å²) in [6.07, 6.45) is 0. The monoisotopic (exact) mass is 175 g/mol. The molecule has 0 saturated heterocycles. The lowest BCUT2D eigenvalue weighted by Crippen LogP contribution is -1.92. The Morgan fingerprint density at radius 2 is 1.77 bits per heavy atom. The smallest absolute Gasteiger partial charge is 0.0516 e. The second-order valence-corrected chi connectivity index (χ2v) is 3.27. The van der Waals surface area contributed by atoms with Gasteiger partial charge in [0.1, 0.15) is 0 Å². The fraction of sp³-hybridized carbons (Fsp3) is 0.400. The average Bonchev–Trinajstić information content (AvgIpc) is 2.02. The third-order valence-electron chi connectivity index (χ3n) is 2.13. The Morgan fingerprint density at radius 3 is 2.23 bits per heavy atom. The molecule has 0 aliphatic carbocycles. The molecule has 0 saturated carbocycles. The van der Waals surface area contributed by atoms with Crippen LogP contribution in [0.25, 0.3) is 10.4 Å². The molecule has 0 fully saturated rings. The molecule has 3 nitrogen and oxygen atoms in total. The maximum Gasteiger partial charge on any atom is 0.0516 e. The summed E-state index contributed by atoms with van der Waals surface area (Å²) in [6, 6.07) is 4.21. The fourth-order valence-corrected chi connectivity index (χ4v) is 1.56. The minimum Gasteiger partial charge on any atom is -0.0893 e. The van der Waals surface area contributed by atoms with Crippen molar-refractivity contribution < 1.29 is 0 Å². The molecule has 0 atom stereocenters. The second-order valence-electron chi connectivity index (χ2n) is 3.27. The highest BCUT2D eigenvalue weighted by Gasteiger charge is 2.01. The van der Waals surface area contributed by atoms with Crippen LogP contribution in [0.15, 0.2) is 17.2 Å². The molecule has 68 valence electrons. The third-order valence-corrected chi connectivity index (χ3v) is 2.13. The maximum atomic E-state index is 8.22. The molecular weight excluding hydrogens is 162 g/mol. The fourth-order valence-electron chi connectivity index (χ4n) is 1.56. The minimum atomic E-state index is 0.453. The van der Waals surface area contributed by atoms with Gasteiger partial charge in [-0.1, -0.05) is 22.8 Å². The van der Waals surface area contributed by atoms with Crippen LogP contribution in [-0.4, -0.2) is 0 Å². The van der Waals surface area contributed by atoms with E-state index in [0.717, 1.165) is 5.56 Å². The average molecular weight is 175 g/mol. The highest BCUT2D eigenvalue weighted by Crippen LogP contribution is 2.17. The van der Waals surface area contributed by atoms with E-state index in [1.807, 2.05) is 13.8 Å². The normalized spacial score (nSPS) is 9.46. The molecule has 0 heterocycles. The first-order valence-electron chi connectivity index (χ1n) is 4.22. The Hall–Kier alpha value is -1.47. The van der Waals surface area contributed by atoms with E-state index < -0.39 is 0 Å². The number of azide groups is 1. The van der Waals surface area contributed by atoms with Gasteiger partial charge in [0.05, 0.1) is 6.54 Å². The molecule has 1 rings (SSSR count). The van der Waals surface area contributed by atoms with Crippen molar-refractivity contribution in [1.29, 1.82) is 0 Å². The van der Waals surface area contributed by atoms with Crippen molar-refractivity contribution in [1.82, 2.24) is 0 Å². The molecule has 1 aromatic carbocycles. The van der Waals surface area contributed by atoms with Gasteiger partial charge in [-0.05, 0) is 43.0 Å². The van der Waals surface area contributed by atoms with Crippen LogP contribution in [-0.2, 0) is 6.54 Å². The van der Waals surface area contributed by atoms with Crippen LogP contribution in [0.2, 0.25) is 0 Å². The van der Waals surface area contributed by atoms with Gasteiger partial charge in [0.2, 0.25) is 0 Å². The van der Waals surface area contributed by atoms with Crippen molar-refractivity contribution in [3.05, 3.63) is 44.8 Å². The molecule has 0 aromatic heterocycles.